The SMILES string of the molecule is COc1ccc2c(c1)S(=O)(=O)NN=C2C. The molecule has 15 heavy (non-hydrogen) atoms. The fourth-order valence-electron chi connectivity index (χ4n) is 1.39. The van der Waals surface area contributed by atoms with E-state index in [9.17, 15) is 8.42 Å². The standard InChI is InChI=1S/C9H10N2O3S/c1-6-8-4-3-7(14-2)5-9(8)15(12,13)11-10-6/h3-5,11H,1-2H3. The number of rotatable bonds is 1. The van der Waals surface area contributed by atoms with Crippen LogP contribution in [0.25, 0.3) is 0 Å². The minimum atomic E-state index is -3.53. The Bertz CT molecular complexity index is 534. The third-order valence-electron chi connectivity index (χ3n) is 2.20. The molecule has 1 aromatic carbocycles. The lowest BCUT2D eigenvalue weighted by atomic mass is 10.1. The normalized spacial score (nSPS) is 17.3. The van der Waals surface area contributed by atoms with Gasteiger partial charge in [0.15, 0.2) is 0 Å². The molecule has 0 fully saturated rings. The quantitative estimate of drug-likeness (QED) is 0.766. The van der Waals surface area contributed by atoms with Gasteiger partial charge < -0.3 is 4.74 Å². The Morgan fingerprint density at radius 1 is 1.40 bits per heavy atom. The molecule has 0 radical (unpaired) electrons. The van der Waals surface area contributed by atoms with Gasteiger partial charge in [0, 0.05) is 11.6 Å². The molecule has 0 spiro atoms. The molecule has 1 aliphatic rings. The van der Waals surface area contributed by atoms with E-state index >= 15 is 0 Å². The van der Waals surface area contributed by atoms with Crippen LogP contribution in [-0.2, 0) is 10.0 Å². The molecule has 1 aromatic rings. The molecule has 80 valence electrons. The van der Waals surface area contributed by atoms with Crippen molar-refractivity contribution in [3.05, 3.63) is 23.8 Å². The number of benzene rings is 1. The zero-order chi connectivity index (χ0) is 11.1. The minimum absolute atomic E-state index is 0.203. The zero-order valence-electron chi connectivity index (χ0n) is 8.31. The summed E-state index contributed by atoms with van der Waals surface area (Å²) in [6.45, 7) is 1.74. The fourth-order valence-corrected chi connectivity index (χ4v) is 2.52. The van der Waals surface area contributed by atoms with Gasteiger partial charge in [-0.05, 0) is 19.1 Å². The maximum Gasteiger partial charge on any atom is 0.277 e. The molecular formula is C9H10N2O3S. The third kappa shape index (κ3) is 1.56. The summed E-state index contributed by atoms with van der Waals surface area (Å²) in [5.41, 5.74) is 1.25. The number of hydrogen-bond acceptors (Lipinski definition) is 4. The van der Waals surface area contributed by atoms with Crippen LogP contribution < -0.4 is 9.57 Å². The van der Waals surface area contributed by atoms with Crippen molar-refractivity contribution in [2.75, 3.05) is 7.11 Å². The maximum absolute atomic E-state index is 11.6. The van der Waals surface area contributed by atoms with Crippen molar-refractivity contribution in [2.24, 2.45) is 5.10 Å². The number of nitrogens with one attached hydrogen (secondary N) is 1. The zero-order valence-corrected chi connectivity index (χ0v) is 9.13. The Labute approximate surface area is 87.8 Å². The van der Waals surface area contributed by atoms with Gasteiger partial charge in [-0.15, -0.1) is 0 Å². The number of nitrogens with zero attached hydrogens (tertiary/aromatic N) is 1. The molecule has 1 aliphatic heterocycles. The van der Waals surface area contributed by atoms with Crippen LogP contribution in [0, 0.1) is 0 Å². The average molecular weight is 226 g/mol. The van der Waals surface area contributed by atoms with Crippen molar-refractivity contribution in [1.82, 2.24) is 4.83 Å². The molecule has 0 saturated heterocycles. The molecule has 2 rings (SSSR count). The lowest BCUT2D eigenvalue weighted by Crippen LogP contribution is -2.26. The summed E-state index contributed by atoms with van der Waals surface area (Å²) in [7, 11) is -2.03. The predicted molar refractivity (Wildman–Crippen MR) is 55.5 cm³/mol. The predicted octanol–water partition coefficient (Wildman–Crippen LogP) is 0.711. The van der Waals surface area contributed by atoms with E-state index < -0.39 is 10.0 Å². The maximum atomic E-state index is 11.6. The Hall–Kier alpha value is -1.56. The topological polar surface area (TPSA) is 67.8 Å². The molecule has 0 aromatic heterocycles. The van der Waals surface area contributed by atoms with E-state index in [1.165, 1.54) is 13.2 Å². The average Bonchev–Trinajstić information content (AvgIpc) is 2.24. The highest BCUT2D eigenvalue weighted by Crippen LogP contribution is 2.24. The number of methoxy groups -OCH3 is 1. The monoisotopic (exact) mass is 226 g/mol. The molecule has 6 heteroatoms. The Morgan fingerprint density at radius 3 is 2.80 bits per heavy atom. The molecule has 0 unspecified atom stereocenters. The van der Waals surface area contributed by atoms with Crippen LogP contribution in [0.4, 0.5) is 0 Å². The van der Waals surface area contributed by atoms with Gasteiger partial charge in [0.05, 0.1) is 12.8 Å². The van der Waals surface area contributed by atoms with Crippen LogP contribution in [-0.4, -0.2) is 21.2 Å². The van der Waals surface area contributed by atoms with Gasteiger partial charge in [0.25, 0.3) is 10.0 Å². The van der Waals surface area contributed by atoms with Gasteiger partial charge in [-0.2, -0.15) is 18.4 Å². The number of sulfonamides is 1. The second kappa shape index (κ2) is 3.23. The number of ether oxygens (including phenoxy) is 1. The van der Waals surface area contributed by atoms with Crippen LogP contribution in [0.15, 0.2) is 28.2 Å². The van der Waals surface area contributed by atoms with Gasteiger partial charge >= 0.3 is 0 Å². The van der Waals surface area contributed by atoms with E-state index in [1.807, 2.05) is 0 Å². The van der Waals surface area contributed by atoms with E-state index in [0.29, 0.717) is 17.0 Å². The Balaban J connectivity index is 2.71. The highest BCUT2D eigenvalue weighted by Gasteiger charge is 2.24. The first-order valence-electron chi connectivity index (χ1n) is 4.29. The summed E-state index contributed by atoms with van der Waals surface area (Å²) in [5.74, 6) is 0.508. The molecule has 1 N–H and O–H groups in total. The summed E-state index contributed by atoms with van der Waals surface area (Å²) >= 11 is 0. The number of hydrazone groups is 1. The van der Waals surface area contributed by atoms with Crippen LogP contribution in [0.1, 0.15) is 12.5 Å². The van der Waals surface area contributed by atoms with Crippen molar-refractivity contribution in [1.29, 1.82) is 0 Å². The molecule has 0 atom stereocenters. The Kier molecular flexibility index (Phi) is 2.15. The fraction of sp³-hybridized carbons (Fsp3) is 0.222. The molecule has 0 amide bonds. The van der Waals surface area contributed by atoms with E-state index in [2.05, 4.69) is 9.93 Å². The lowest BCUT2D eigenvalue weighted by Gasteiger charge is -2.16. The molecule has 0 aliphatic carbocycles. The van der Waals surface area contributed by atoms with Crippen LogP contribution in [0.2, 0.25) is 0 Å². The van der Waals surface area contributed by atoms with Crippen molar-refractivity contribution in [3.63, 3.8) is 0 Å². The van der Waals surface area contributed by atoms with Crippen LogP contribution >= 0.6 is 0 Å². The lowest BCUT2D eigenvalue weighted by molar-refractivity contribution is 0.413. The molecule has 0 bridgehead atoms. The summed E-state index contributed by atoms with van der Waals surface area (Å²) < 4.78 is 28.2. The molecule has 1 heterocycles. The highest BCUT2D eigenvalue weighted by atomic mass is 32.2. The van der Waals surface area contributed by atoms with Gasteiger partial charge in [-0.25, -0.2) is 0 Å². The van der Waals surface area contributed by atoms with Crippen LogP contribution in [0.5, 0.6) is 5.75 Å². The van der Waals surface area contributed by atoms with Gasteiger partial charge in [-0.1, -0.05) is 0 Å². The summed E-state index contributed by atoms with van der Waals surface area (Å²) in [6, 6.07) is 4.87. The first-order chi connectivity index (χ1) is 7.04. The van der Waals surface area contributed by atoms with Crippen LogP contribution in [0.3, 0.4) is 0 Å². The van der Waals surface area contributed by atoms with Crippen molar-refractivity contribution >= 4 is 15.7 Å². The van der Waals surface area contributed by atoms with Crippen molar-refractivity contribution in [3.8, 4) is 5.75 Å². The smallest absolute Gasteiger partial charge is 0.277 e. The van der Waals surface area contributed by atoms with E-state index in [1.54, 1.807) is 19.1 Å². The largest absolute Gasteiger partial charge is 0.497 e. The van der Waals surface area contributed by atoms with Crippen molar-refractivity contribution < 1.29 is 13.2 Å². The first-order valence-corrected chi connectivity index (χ1v) is 5.77. The second-order valence-electron chi connectivity index (χ2n) is 3.15. The summed E-state index contributed by atoms with van der Waals surface area (Å²) in [5, 5.41) is 3.72. The molecule has 5 nitrogen and oxygen atoms in total. The highest BCUT2D eigenvalue weighted by molar-refractivity contribution is 7.89. The summed E-state index contributed by atoms with van der Waals surface area (Å²) in [4.78, 5) is 2.32. The first kappa shape index (κ1) is 9.97. The van der Waals surface area contributed by atoms with Crippen molar-refractivity contribution in [2.45, 2.75) is 11.8 Å². The van der Waals surface area contributed by atoms with Gasteiger partial charge in [0.2, 0.25) is 0 Å². The molecule has 0 saturated carbocycles. The van der Waals surface area contributed by atoms with E-state index in [0.717, 1.165) is 0 Å². The number of fused-ring (bicyclic) bond motifs is 1. The number of hydrogen-bond donors (Lipinski definition) is 1. The van der Waals surface area contributed by atoms with E-state index in [4.69, 9.17) is 4.74 Å². The summed E-state index contributed by atoms with van der Waals surface area (Å²) in [6.07, 6.45) is 0. The van der Waals surface area contributed by atoms with Gasteiger partial charge in [0.1, 0.15) is 10.6 Å². The third-order valence-corrected chi connectivity index (χ3v) is 3.45. The molecular weight excluding hydrogens is 216 g/mol. The van der Waals surface area contributed by atoms with E-state index in [-0.39, 0.29) is 4.90 Å². The minimum Gasteiger partial charge on any atom is -0.497 e. The van der Waals surface area contributed by atoms with Gasteiger partial charge in [-0.3, -0.25) is 0 Å². The Morgan fingerprint density at radius 2 is 2.13 bits per heavy atom. The second-order valence-corrected chi connectivity index (χ2v) is 4.78.